The zero-order chi connectivity index (χ0) is 20.1. The van der Waals surface area contributed by atoms with Crippen LogP contribution in [0.2, 0.25) is 0 Å². The first-order valence-electron chi connectivity index (χ1n) is 9.59. The Morgan fingerprint density at radius 2 is 1.79 bits per heavy atom. The fraction of sp³-hybridized carbons (Fsp3) is 0.261. The minimum Gasteiger partial charge on any atom is -0.426 e. The van der Waals surface area contributed by atoms with Crippen LogP contribution in [0.25, 0.3) is 10.8 Å². The number of carbonyl (C=O) groups is 1. The van der Waals surface area contributed by atoms with Crippen molar-refractivity contribution in [2.45, 2.75) is 11.4 Å². The number of esters is 1. The molecule has 1 fully saturated rings. The van der Waals surface area contributed by atoms with E-state index in [4.69, 9.17) is 9.47 Å². The van der Waals surface area contributed by atoms with Crippen molar-refractivity contribution in [1.29, 1.82) is 0 Å². The van der Waals surface area contributed by atoms with E-state index in [0.717, 1.165) is 34.3 Å². The number of benzene rings is 3. The molecule has 0 aliphatic carbocycles. The molecule has 0 radical (unpaired) electrons. The molecule has 0 atom stereocenters. The van der Waals surface area contributed by atoms with Gasteiger partial charge in [0.2, 0.25) is 0 Å². The first-order valence-corrected chi connectivity index (χ1v) is 10.6. The molecular formula is C23H22FNO3S. The summed E-state index contributed by atoms with van der Waals surface area (Å²) >= 11 is 1.33. The maximum absolute atomic E-state index is 13.0. The fourth-order valence-corrected chi connectivity index (χ4v) is 4.05. The quantitative estimate of drug-likeness (QED) is 0.339. The number of hydrogen-bond donors (Lipinski definition) is 0. The summed E-state index contributed by atoms with van der Waals surface area (Å²) in [6.45, 7) is 3.86. The number of hydrogen-bond acceptors (Lipinski definition) is 5. The van der Waals surface area contributed by atoms with Crippen LogP contribution in [0.5, 0.6) is 5.75 Å². The third-order valence-electron chi connectivity index (χ3n) is 4.88. The van der Waals surface area contributed by atoms with Gasteiger partial charge in [0.1, 0.15) is 11.6 Å². The van der Waals surface area contributed by atoms with Gasteiger partial charge in [0, 0.05) is 30.1 Å². The molecule has 150 valence electrons. The fourth-order valence-electron chi connectivity index (χ4n) is 3.38. The molecule has 1 heterocycles. The highest BCUT2D eigenvalue weighted by Crippen LogP contribution is 2.30. The van der Waals surface area contributed by atoms with Crippen molar-refractivity contribution in [1.82, 2.24) is 4.90 Å². The van der Waals surface area contributed by atoms with Gasteiger partial charge in [0.05, 0.1) is 19.0 Å². The van der Waals surface area contributed by atoms with E-state index in [1.807, 2.05) is 24.3 Å². The van der Waals surface area contributed by atoms with Gasteiger partial charge in [-0.3, -0.25) is 9.69 Å². The Morgan fingerprint density at radius 3 is 2.59 bits per heavy atom. The number of halogens is 1. The van der Waals surface area contributed by atoms with Crippen LogP contribution in [-0.4, -0.2) is 42.9 Å². The Labute approximate surface area is 173 Å². The molecule has 4 rings (SSSR count). The average molecular weight is 411 g/mol. The second-order valence-corrected chi connectivity index (χ2v) is 7.92. The Balaban J connectivity index is 1.51. The van der Waals surface area contributed by atoms with Gasteiger partial charge in [-0.2, -0.15) is 0 Å². The van der Waals surface area contributed by atoms with E-state index in [2.05, 4.69) is 17.0 Å². The maximum Gasteiger partial charge on any atom is 0.321 e. The topological polar surface area (TPSA) is 38.8 Å². The summed E-state index contributed by atoms with van der Waals surface area (Å²) in [7, 11) is 0. The second kappa shape index (κ2) is 9.39. The summed E-state index contributed by atoms with van der Waals surface area (Å²) in [5.74, 6) is 0.147. The molecule has 6 heteroatoms. The molecule has 0 unspecified atom stereocenters. The summed E-state index contributed by atoms with van der Waals surface area (Å²) in [5, 5.41) is 2.21. The van der Waals surface area contributed by atoms with Crippen molar-refractivity contribution >= 4 is 28.5 Å². The van der Waals surface area contributed by atoms with E-state index < -0.39 is 0 Å². The Morgan fingerprint density at radius 1 is 1.03 bits per heavy atom. The van der Waals surface area contributed by atoms with Crippen LogP contribution in [0, 0.1) is 5.82 Å². The molecule has 0 aromatic heterocycles. The minimum atomic E-state index is -0.321. The maximum atomic E-state index is 13.0. The average Bonchev–Trinajstić information content (AvgIpc) is 2.76. The molecule has 3 aromatic rings. The molecule has 0 spiro atoms. The Hall–Kier alpha value is -2.41. The highest BCUT2D eigenvalue weighted by Gasteiger charge is 2.18. The summed E-state index contributed by atoms with van der Waals surface area (Å²) in [5.41, 5.74) is 1.02. The highest BCUT2D eigenvalue weighted by molar-refractivity contribution is 8.00. The zero-order valence-corrected chi connectivity index (χ0v) is 16.8. The lowest BCUT2D eigenvalue weighted by molar-refractivity contribution is -0.131. The predicted molar refractivity (Wildman–Crippen MR) is 113 cm³/mol. The van der Waals surface area contributed by atoms with Gasteiger partial charge in [0.25, 0.3) is 0 Å². The molecule has 0 saturated carbocycles. The van der Waals surface area contributed by atoms with Crippen molar-refractivity contribution < 1.29 is 18.7 Å². The number of carbonyl (C=O) groups excluding carboxylic acids is 1. The number of nitrogens with zero attached hydrogens (tertiary/aromatic N) is 1. The zero-order valence-electron chi connectivity index (χ0n) is 16.0. The van der Waals surface area contributed by atoms with Gasteiger partial charge < -0.3 is 9.47 Å². The van der Waals surface area contributed by atoms with Crippen LogP contribution in [0.4, 0.5) is 4.39 Å². The van der Waals surface area contributed by atoms with E-state index in [9.17, 15) is 9.18 Å². The van der Waals surface area contributed by atoms with E-state index in [0.29, 0.717) is 25.5 Å². The van der Waals surface area contributed by atoms with E-state index in [1.165, 1.54) is 23.9 Å². The number of fused-ring (bicyclic) bond motifs is 1. The van der Waals surface area contributed by atoms with Crippen molar-refractivity contribution in [2.75, 3.05) is 32.1 Å². The van der Waals surface area contributed by atoms with Gasteiger partial charge in [-0.25, -0.2) is 4.39 Å². The third-order valence-corrected chi connectivity index (χ3v) is 5.86. The molecular weight excluding hydrogens is 389 g/mol. The third kappa shape index (κ3) is 5.15. The van der Waals surface area contributed by atoms with Crippen molar-refractivity contribution in [3.05, 3.63) is 72.0 Å². The molecule has 4 nitrogen and oxygen atoms in total. The monoisotopic (exact) mass is 411 g/mol. The Bertz CT molecular complexity index is 987. The molecule has 0 bridgehead atoms. The molecule has 1 saturated heterocycles. The van der Waals surface area contributed by atoms with E-state index in [1.54, 1.807) is 12.1 Å². The SMILES string of the molecule is O=C(CSc1ccc(F)cc1)Oc1ccc2ccccc2c1CN1CCOCC1. The molecule has 29 heavy (non-hydrogen) atoms. The van der Waals surface area contributed by atoms with Gasteiger partial charge in [-0.05, 0) is 41.1 Å². The van der Waals surface area contributed by atoms with Crippen molar-refractivity contribution in [3.8, 4) is 5.75 Å². The molecule has 0 N–H and O–H groups in total. The predicted octanol–water partition coefficient (Wildman–Crippen LogP) is 4.51. The number of morpholine rings is 1. The molecule has 1 aliphatic rings. The molecule has 1 aliphatic heterocycles. The largest absolute Gasteiger partial charge is 0.426 e. The molecule has 0 amide bonds. The van der Waals surface area contributed by atoms with Crippen LogP contribution in [0.1, 0.15) is 5.56 Å². The summed E-state index contributed by atoms with van der Waals surface area (Å²) in [6, 6.07) is 18.1. The summed E-state index contributed by atoms with van der Waals surface area (Å²) in [6.07, 6.45) is 0. The summed E-state index contributed by atoms with van der Waals surface area (Å²) in [4.78, 5) is 15.6. The van der Waals surface area contributed by atoms with Gasteiger partial charge in [0.15, 0.2) is 0 Å². The smallest absolute Gasteiger partial charge is 0.321 e. The van der Waals surface area contributed by atoms with Crippen LogP contribution in [-0.2, 0) is 16.1 Å². The first-order chi connectivity index (χ1) is 14.2. The van der Waals surface area contributed by atoms with E-state index >= 15 is 0 Å². The Kier molecular flexibility index (Phi) is 6.44. The lowest BCUT2D eigenvalue weighted by atomic mass is 10.0. The molecule has 3 aromatic carbocycles. The first kappa shape index (κ1) is 19.9. The van der Waals surface area contributed by atoms with Gasteiger partial charge >= 0.3 is 5.97 Å². The number of rotatable bonds is 6. The standard InChI is InChI=1S/C23H22FNO3S/c24-18-6-8-19(9-7-18)29-16-23(26)28-22-10-5-17-3-1-2-4-20(17)21(22)15-25-11-13-27-14-12-25/h1-10H,11-16H2. The lowest BCUT2D eigenvalue weighted by Crippen LogP contribution is -2.35. The van der Waals surface area contributed by atoms with Crippen molar-refractivity contribution in [3.63, 3.8) is 0 Å². The minimum absolute atomic E-state index is 0.162. The van der Waals surface area contributed by atoms with Crippen LogP contribution >= 0.6 is 11.8 Å². The van der Waals surface area contributed by atoms with Gasteiger partial charge in [-0.1, -0.05) is 30.3 Å². The second-order valence-electron chi connectivity index (χ2n) is 6.87. The van der Waals surface area contributed by atoms with Crippen LogP contribution in [0.15, 0.2) is 65.6 Å². The number of ether oxygens (including phenoxy) is 2. The van der Waals surface area contributed by atoms with Gasteiger partial charge in [-0.15, -0.1) is 11.8 Å². The van der Waals surface area contributed by atoms with Crippen LogP contribution in [0.3, 0.4) is 0 Å². The summed E-state index contributed by atoms with van der Waals surface area (Å²) < 4.78 is 24.2. The van der Waals surface area contributed by atoms with E-state index in [-0.39, 0.29) is 17.5 Å². The highest BCUT2D eigenvalue weighted by atomic mass is 32.2. The number of thioether (sulfide) groups is 1. The van der Waals surface area contributed by atoms with Crippen molar-refractivity contribution in [2.24, 2.45) is 0 Å². The van der Waals surface area contributed by atoms with Crippen LogP contribution < -0.4 is 4.74 Å². The lowest BCUT2D eigenvalue weighted by Gasteiger charge is -2.27. The normalized spacial score (nSPS) is 14.8.